The van der Waals surface area contributed by atoms with Crippen LogP contribution in [0, 0.1) is 0 Å². The zero-order chi connectivity index (χ0) is 14.3. The van der Waals surface area contributed by atoms with Crippen LogP contribution >= 0.6 is 0 Å². The number of fused-ring (bicyclic) bond motifs is 1. The maximum atomic E-state index is 12.0. The monoisotopic (exact) mass is 278 g/mol. The van der Waals surface area contributed by atoms with Crippen LogP contribution in [0.3, 0.4) is 0 Å². The summed E-state index contributed by atoms with van der Waals surface area (Å²) in [6.07, 6.45) is 0. The van der Waals surface area contributed by atoms with Gasteiger partial charge in [0.25, 0.3) is 5.56 Å². The minimum Gasteiger partial charge on any atom is -0.378 e. The topological polar surface area (TPSA) is 95.1 Å². The Hall–Kier alpha value is -2.29. The largest absolute Gasteiger partial charge is 0.378 e. The minimum absolute atomic E-state index is 0.0895. The molecule has 3 rings (SSSR count). The number of rotatable bonds is 1. The van der Waals surface area contributed by atoms with Crippen molar-refractivity contribution in [2.75, 3.05) is 31.2 Å². The molecule has 0 bridgehead atoms. The second-order valence-corrected chi connectivity index (χ2v) is 4.59. The molecular formula is C11H14N6O3. The third-order valence-electron chi connectivity index (χ3n) is 3.35. The van der Waals surface area contributed by atoms with Crippen LogP contribution in [0.2, 0.25) is 0 Å². The maximum absolute atomic E-state index is 12.0. The molecule has 20 heavy (non-hydrogen) atoms. The molecule has 3 heterocycles. The molecule has 106 valence electrons. The molecule has 0 saturated carbocycles. The molecule has 1 saturated heterocycles. The normalized spacial score (nSPS) is 15.8. The van der Waals surface area contributed by atoms with Crippen LogP contribution in [-0.4, -0.2) is 50.6 Å². The van der Waals surface area contributed by atoms with E-state index in [4.69, 9.17) is 4.74 Å². The van der Waals surface area contributed by atoms with E-state index in [2.05, 4.69) is 15.2 Å². The van der Waals surface area contributed by atoms with Gasteiger partial charge in [-0.15, -0.1) is 10.2 Å². The fourth-order valence-corrected chi connectivity index (χ4v) is 2.14. The first kappa shape index (κ1) is 12.7. The van der Waals surface area contributed by atoms with Crippen LogP contribution < -0.4 is 16.1 Å². The molecule has 0 spiro atoms. The van der Waals surface area contributed by atoms with Gasteiger partial charge >= 0.3 is 5.69 Å². The first-order valence-corrected chi connectivity index (χ1v) is 6.22. The van der Waals surface area contributed by atoms with Crippen molar-refractivity contribution in [3.63, 3.8) is 0 Å². The number of aryl methyl sites for hydroxylation is 1. The van der Waals surface area contributed by atoms with E-state index in [-0.39, 0.29) is 11.2 Å². The van der Waals surface area contributed by atoms with Crippen molar-refractivity contribution in [2.45, 2.75) is 0 Å². The van der Waals surface area contributed by atoms with Crippen LogP contribution in [0.4, 0.5) is 5.95 Å². The molecule has 0 atom stereocenters. The third kappa shape index (κ3) is 1.86. The van der Waals surface area contributed by atoms with Crippen LogP contribution in [0.5, 0.6) is 0 Å². The average Bonchev–Trinajstić information content (AvgIpc) is 2.51. The number of morpholine rings is 1. The van der Waals surface area contributed by atoms with E-state index in [1.807, 2.05) is 4.90 Å². The van der Waals surface area contributed by atoms with Crippen molar-refractivity contribution >= 4 is 17.1 Å². The molecule has 1 aliphatic heterocycles. The quantitative estimate of drug-likeness (QED) is 0.611. The highest BCUT2D eigenvalue weighted by Crippen LogP contribution is 2.10. The molecule has 9 heteroatoms. The molecule has 2 aromatic rings. The van der Waals surface area contributed by atoms with Gasteiger partial charge in [0.15, 0.2) is 11.2 Å². The summed E-state index contributed by atoms with van der Waals surface area (Å²) >= 11 is 0. The first-order chi connectivity index (χ1) is 9.59. The number of hydrogen-bond acceptors (Lipinski definition) is 7. The van der Waals surface area contributed by atoms with E-state index in [1.54, 1.807) is 7.05 Å². The summed E-state index contributed by atoms with van der Waals surface area (Å²) < 4.78 is 7.55. The summed E-state index contributed by atoms with van der Waals surface area (Å²) in [5, 5.41) is 7.91. The van der Waals surface area contributed by atoms with Crippen LogP contribution in [0.1, 0.15) is 0 Å². The van der Waals surface area contributed by atoms with Gasteiger partial charge in [0.1, 0.15) is 0 Å². The highest BCUT2D eigenvalue weighted by molar-refractivity contribution is 5.69. The van der Waals surface area contributed by atoms with Gasteiger partial charge in [0.2, 0.25) is 5.95 Å². The van der Waals surface area contributed by atoms with E-state index in [0.717, 1.165) is 4.57 Å². The van der Waals surface area contributed by atoms with Gasteiger partial charge < -0.3 is 9.64 Å². The summed E-state index contributed by atoms with van der Waals surface area (Å²) in [6, 6.07) is 0. The lowest BCUT2D eigenvalue weighted by Crippen LogP contribution is -2.40. The Bertz CT molecular complexity index is 774. The van der Waals surface area contributed by atoms with Gasteiger partial charge in [-0.1, -0.05) is 0 Å². The Balaban J connectivity index is 2.20. The summed E-state index contributed by atoms with van der Waals surface area (Å²) in [4.78, 5) is 30.1. The Labute approximate surface area is 113 Å². The number of aromatic nitrogens is 5. The second-order valence-electron chi connectivity index (χ2n) is 4.59. The number of ether oxygens (including phenoxy) is 1. The zero-order valence-electron chi connectivity index (χ0n) is 11.2. The zero-order valence-corrected chi connectivity index (χ0v) is 11.2. The van der Waals surface area contributed by atoms with Crippen LogP contribution in [0.25, 0.3) is 11.2 Å². The van der Waals surface area contributed by atoms with Crippen molar-refractivity contribution < 1.29 is 4.74 Å². The summed E-state index contributed by atoms with van der Waals surface area (Å²) in [5.74, 6) is 0.407. The fourth-order valence-electron chi connectivity index (χ4n) is 2.14. The third-order valence-corrected chi connectivity index (χ3v) is 3.35. The molecule has 1 fully saturated rings. The van der Waals surface area contributed by atoms with Crippen LogP contribution in [-0.2, 0) is 18.8 Å². The summed E-state index contributed by atoms with van der Waals surface area (Å²) in [7, 11) is 2.96. The molecule has 0 aromatic carbocycles. The van der Waals surface area contributed by atoms with Gasteiger partial charge in [-0.25, -0.2) is 4.79 Å². The SMILES string of the molecule is Cn1c(=O)c2nnc(N3CCOCC3)nc2n(C)c1=O. The lowest BCUT2D eigenvalue weighted by Gasteiger charge is -2.26. The van der Waals surface area contributed by atoms with E-state index in [0.29, 0.717) is 32.3 Å². The van der Waals surface area contributed by atoms with Gasteiger partial charge in [-0.2, -0.15) is 4.98 Å². The van der Waals surface area contributed by atoms with Gasteiger partial charge in [-0.05, 0) is 0 Å². The smallest absolute Gasteiger partial charge is 0.332 e. The van der Waals surface area contributed by atoms with Crippen molar-refractivity contribution in [1.82, 2.24) is 24.3 Å². The summed E-state index contributed by atoms with van der Waals surface area (Å²) in [5.41, 5.74) is -0.589. The Morgan fingerprint density at radius 3 is 2.45 bits per heavy atom. The Morgan fingerprint density at radius 2 is 1.75 bits per heavy atom. The molecule has 0 aliphatic carbocycles. The lowest BCUT2D eigenvalue weighted by atomic mass is 10.4. The number of hydrogen-bond donors (Lipinski definition) is 0. The van der Waals surface area contributed by atoms with E-state index >= 15 is 0 Å². The molecule has 0 N–H and O–H groups in total. The first-order valence-electron chi connectivity index (χ1n) is 6.22. The minimum atomic E-state index is -0.489. The molecule has 0 radical (unpaired) electrons. The Morgan fingerprint density at radius 1 is 1.05 bits per heavy atom. The molecule has 1 aliphatic rings. The Kier molecular flexibility index (Phi) is 2.97. The summed E-state index contributed by atoms with van der Waals surface area (Å²) in [6.45, 7) is 2.51. The van der Waals surface area contributed by atoms with Gasteiger partial charge in [0.05, 0.1) is 13.2 Å². The van der Waals surface area contributed by atoms with Crippen molar-refractivity contribution in [2.24, 2.45) is 14.1 Å². The second kappa shape index (κ2) is 4.67. The van der Waals surface area contributed by atoms with Gasteiger partial charge in [-0.3, -0.25) is 13.9 Å². The van der Waals surface area contributed by atoms with Crippen molar-refractivity contribution in [3.05, 3.63) is 20.8 Å². The molecule has 9 nitrogen and oxygen atoms in total. The van der Waals surface area contributed by atoms with E-state index < -0.39 is 11.2 Å². The van der Waals surface area contributed by atoms with E-state index in [9.17, 15) is 9.59 Å². The lowest BCUT2D eigenvalue weighted by molar-refractivity contribution is 0.122. The molecule has 0 unspecified atom stereocenters. The van der Waals surface area contributed by atoms with E-state index in [1.165, 1.54) is 11.6 Å². The van der Waals surface area contributed by atoms with Crippen molar-refractivity contribution in [1.29, 1.82) is 0 Å². The number of nitrogens with zero attached hydrogens (tertiary/aromatic N) is 6. The highest BCUT2D eigenvalue weighted by Gasteiger charge is 2.18. The fraction of sp³-hybridized carbons (Fsp3) is 0.545. The predicted octanol–water partition coefficient (Wildman–Crippen LogP) is -1.74. The predicted molar refractivity (Wildman–Crippen MR) is 70.8 cm³/mol. The standard InChI is InChI=1S/C11H14N6O3/c1-15-8-7(9(18)16(2)11(15)19)13-14-10(12-8)17-3-5-20-6-4-17/h3-6H2,1-2H3. The number of anilines is 1. The van der Waals surface area contributed by atoms with Gasteiger partial charge in [0, 0.05) is 27.2 Å². The molecule has 0 amide bonds. The highest BCUT2D eigenvalue weighted by atomic mass is 16.5. The van der Waals surface area contributed by atoms with Crippen LogP contribution in [0.15, 0.2) is 9.59 Å². The maximum Gasteiger partial charge on any atom is 0.332 e. The molecular weight excluding hydrogens is 264 g/mol. The van der Waals surface area contributed by atoms with Crippen molar-refractivity contribution in [3.8, 4) is 0 Å². The average molecular weight is 278 g/mol. The molecule has 2 aromatic heterocycles.